The molecule has 0 radical (unpaired) electrons. The third-order valence-electron chi connectivity index (χ3n) is 4.97. The highest BCUT2D eigenvalue weighted by Gasteiger charge is 2.24. The molecule has 1 rings (SSSR count). The number of hydrogen-bond donors (Lipinski definition) is 1. The maximum absolute atomic E-state index is 3.61. The Hall–Kier alpha value is -0.820. The number of benzene rings is 1. The molecule has 114 valence electrons. The van der Waals surface area contributed by atoms with Gasteiger partial charge in [-0.1, -0.05) is 39.2 Å². The lowest BCUT2D eigenvalue weighted by Gasteiger charge is -2.30. The van der Waals surface area contributed by atoms with E-state index in [1.165, 1.54) is 47.9 Å². The van der Waals surface area contributed by atoms with Gasteiger partial charge in [-0.3, -0.25) is 0 Å². The van der Waals surface area contributed by atoms with Crippen LogP contribution in [0.5, 0.6) is 0 Å². The molecule has 0 saturated carbocycles. The zero-order chi connectivity index (χ0) is 15.3. The lowest BCUT2D eigenvalue weighted by Crippen LogP contribution is -2.27. The first-order valence-corrected chi connectivity index (χ1v) is 8.22. The van der Waals surface area contributed by atoms with Crippen molar-refractivity contribution in [3.8, 4) is 0 Å². The standard InChI is InChI=1S/C19H33N/c1-8-10-11-17(9-2)19(20-7)18-15(5)13(3)12-14(4)16(18)6/h12,17,19-20H,8-11H2,1-7H3. The molecule has 2 unspecified atom stereocenters. The second-order valence-electron chi connectivity index (χ2n) is 6.25. The van der Waals surface area contributed by atoms with Gasteiger partial charge in [0, 0.05) is 6.04 Å². The summed E-state index contributed by atoms with van der Waals surface area (Å²) in [4.78, 5) is 0. The molecule has 2 atom stereocenters. The lowest BCUT2D eigenvalue weighted by molar-refractivity contribution is 0.337. The smallest absolute Gasteiger partial charge is 0.0351 e. The van der Waals surface area contributed by atoms with Gasteiger partial charge in [0.05, 0.1) is 0 Å². The Kier molecular flexibility index (Phi) is 6.75. The molecule has 1 nitrogen and oxygen atoms in total. The molecule has 0 aliphatic heterocycles. The van der Waals surface area contributed by atoms with Gasteiger partial charge in [0.25, 0.3) is 0 Å². The first-order valence-electron chi connectivity index (χ1n) is 8.22. The van der Waals surface area contributed by atoms with Crippen LogP contribution < -0.4 is 5.32 Å². The Morgan fingerprint density at radius 2 is 1.55 bits per heavy atom. The average Bonchev–Trinajstić information content (AvgIpc) is 2.43. The average molecular weight is 275 g/mol. The first kappa shape index (κ1) is 17.2. The van der Waals surface area contributed by atoms with E-state index in [-0.39, 0.29) is 0 Å². The van der Waals surface area contributed by atoms with Gasteiger partial charge in [-0.2, -0.15) is 0 Å². The van der Waals surface area contributed by atoms with Crippen molar-refractivity contribution in [2.24, 2.45) is 5.92 Å². The number of rotatable bonds is 7. The lowest BCUT2D eigenvalue weighted by atomic mass is 9.81. The van der Waals surface area contributed by atoms with Crippen molar-refractivity contribution in [3.05, 3.63) is 33.9 Å². The summed E-state index contributed by atoms with van der Waals surface area (Å²) in [6, 6.07) is 2.82. The molecule has 0 aliphatic carbocycles. The van der Waals surface area contributed by atoms with Crippen LogP contribution >= 0.6 is 0 Å². The quantitative estimate of drug-likeness (QED) is 0.703. The summed E-state index contributed by atoms with van der Waals surface area (Å²) in [5.74, 6) is 0.735. The fourth-order valence-corrected chi connectivity index (χ4v) is 3.40. The van der Waals surface area contributed by atoms with E-state index in [4.69, 9.17) is 0 Å². The Bertz CT molecular complexity index is 408. The van der Waals surface area contributed by atoms with Gasteiger partial charge in [-0.15, -0.1) is 0 Å². The van der Waals surface area contributed by atoms with E-state index < -0.39 is 0 Å². The molecular formula is C19H33N. The van der Waals surface area contributed by atoms with Crippen molar-refractivity contribution in [1.29, 1.82) is 0 Å². The minimum Gasteiger partial charge on any atom is -0.313 e. The Morgan fingerprint density at radius 3 is 1.95 bits per heavy atom. The molecule has 0 amide bonds. The summed E-state index contributed by atoms with van der Waals surface area (Å²) in [6.07, 6.45) is 5.19. The maximum atomic E-state index is 3.61. The predicted molar refractivity (Wildman–Crippen MR) is 90.5 cm³/mol. The number of unbranched alkanes of at least 4 members (excludes halogenated alkanes) is 1. The fraction of sp³-hybridized carbons (Fsp3) is 0.684. The van der Waals surface area contributed by atoms with Gasteiger partial charge in [-0.05, 0) is 74.9 Å². The molecule has 0 spiro atoms. The summed E-state index contributed by atoms with van der Waals surface area (Å²) in [7, 11) is 2.12. The van der Waals surface area contributed by atoms with Crippen molar-refractivity contribution < 1.29 is 0 Å². The van der Waals surface area contributed by atoms with Gasteiger partial charge < -0.3 is 5.32 Å². The van der Waals surface area contributed by atoms with Crippen molar-refractivity contribution in [2.75, 3.05) is 7.05 Å². The van der Waals surface area contributed by atoms with E-state index in [2.05, 4.69) is 60.0 Å². The van der Waals surface area contributed by atoms with Crippen LogP contribution in [-0.2, 0) is 0 Å². The number of aryl methyl sites for hydroxylation is 2. The van der Waals surface area contributed by atoms with E-state index >= 15 is 0 Å². The second kappa shape index (κ2) is 7.83. The van der Waals surface area contributed by atoms with E-state index in [9.17, 15) is 0 Å². The zero-order valence-corrected chi connectivity index (χ0v) is 14.6. The molecule has 0 aromatic heterocycles. The molecule has 1 heteroatoms. The van der Waals surface area contributed by atoms with Crippen LogP contribution in [0.2, 0.25) is 0 Å². The number of nitrogens with one attached hydrogen (secondary N) is 1. The molecule has 0 heterocycles. The molecule has 0 aliphatic rings. The molecule has 1 aromatic carbocycles. The molecular weight excluding hydrogens is 242 g/mol. The van der Waals surface area contributed by atoms with E-state index in [0.717, 1.165) is 5.92 Å². The third-order valence-corrected chi connectivity index (χ3v) is 4.97. The normalized spacial score (nSPS) is 14.3. The Morgan fingerprint density at radius 1 is 1.00 bits per heavy atom. The molecule has 20 heavy (non-hydrogen) atoms. The summed E-state index contributed by atoms with van der Waals surface area (Å²) in [5.41, 5.74) is 7.35. The highest BCUT2D eigenvalue weighted by atomic mass is 14.9. The van der Waals surface area contributed by atoms with Crippen molar-refractivity contribution in [1.82, 2.24) is 5.32 Å². The largest absolute Gasteiger partial charge is 0.313 e. The minimum atomic E-state index is 0.491. The van der Waals surface area contributed by atoms with Crippen LogP contribution in [0.25, 0.3) is 0 Å². The van der Waals surface area contributed by atoms with Crippen molar-refractivity contribution in [2.45, 2.75) is 73.3 Å². The summed E-state index contributed by atoms with van der Waals surface area (Å²) < 4.78 is 0. The Labute approximate surface area is 126 Å². The van der Waals surface area contributed by atoms with Gasteiger partial charge >= 0.3 is 0 Å². The second-order valence-corrected chi connectivity index (χ2v) is 6.25. The van der Waals surface area contributed by atoms with Crippen LogP contribution in [0.1, 0.15) is 73.4 Å². The maximum Gasteiger partial charge on any atom is 0.0351 e. The highest BCUT2D eigenvalue weighted by molar-refractivity contribution is 5.46. The van der Waals surface area contributed by atoms with Gasteiger partial charge in [-0.25, -0.2) is 0 Å². The first-order chi connectivity index (χ1) is 9.47. The molecule has 1 N–H and O–H groups in total. The van der Waals surface area contributed by atoms with E-state index in [1.54, 1.807) is 5.56 Å². The van der Waals surface area contributed by atoms with Gasteiger partial charge in [0.1, 0.15) is 0 Å². The molecule has 0 saturated heterocycles. The zero-order valence-electron chi connectivity index (χ0n) is 14.6. The molecule has 1 aromatic rings. The third kappa shape index (κ3) is 3.63. The monoisotopic (exact) mass is 275 g/mol. The van der Waals surface area contributed by atoms with Gasteiger partial charge in [0.2, 0.25) is 0 Å². The minimum absolute atomic E-state index is 0.491. The van der Waals surface area contributed by atoms with Crippen LogP contribution in [-0.4, -0.2) is 7.05 Å². The topological polar surface area (TPSA) is 12.0 Å². The Balaban J connectivity index is 3.23. The SMILES string of the molecule is CCCCC(CC)C(NC)c1c(C)c(C)cc(C)c1C. The van der Waals surface area contributed by atoms with Crippen molar-refractivity contribution in [3.63, 3.8) is 0 Å². The summed E-state index contributed by atoms with van der Waals surface area (Å²) in [6.45, 7) is 13.7. The van der Waals surface area contributed by atoms with Crippen LogP contribution in [0.3, 0.4) is 0 Å². The molecule has 0 bridgehead atoms. The predicted octanol–water partition coefficient (Wildman–Crippen LogP) is 5.40. The van der Waals surface area contributed by atoms with Crippen LogP contribution in [0.4, 0.5) is 0 Å². The summed E-state index contributed by atoms with van der Waals surface area (Å²) >= 11 is 0. The van der Waals surface area contributed by atoms with E-state index in [1.807, 2.05) is 0 Å². The van der Waals surface area contributed by atoms with Crippen LogP contribution in [0, 0.1) is 33.6 Å². The van der Waals surface area contributed by atoms with E-state index in [0.29, 0.717) is 6.04 Å². The van der Waals surface area contributed by atoms with Crippen LogP contribution in [0.15, 0.2) is 6.07 Å². The van der Waals surface area contributed by atoms with Gasteiger partial charge in [0.15, 0.2) is 0 Å². The highest BCUT2D eigenvalue weighted by Crippen LogP contribution is 2.35. The van der Waals surface area contributed by atoms with Crippen molar-refractivity contribution >= 4 is 0 Å². The number of hydrogen-bond acceptors (Lipinski definition) is 1. The fourth-order valence-electron chi connectivity index (χ4n) is 3.40. The molecule has 0 fully saturated rings. The summed E-state index contributed by atoms with van der Waals surface area (Å²) in [5, 5.41) is 3.61.